The molecular formula is C48H39N3OSi+2. The van der Waals surface area contributed by atoms with Crippen molar-refractivity contribution >= 4 is 46.2 Å². The van der Waals surface area contributed by atoms with Crippen LogP contribution in [-0.4, -0.2) is 12.6 Å². The molecule has 3 aromatic heterocycles. The molecule has 0 amide bonds. The van der Waals surface area contributed by atoms with Crippen molar-refractivity contribution in [1.29, 1.82) is 0 Å². The van der Waals surface area contributed by atoms with Gasteiger partial charge in [-0.1, -0.05) is 110 Å². The van der Waals surface area contributed by atoms with Crippen LogP contribution in [0.15, 0.2) is 150 Å². The van der Waals surface area contributed by atoms with Gasteiger partial charge in [-0.3, -0.25) is 0 Å². The van der Waals surface area contributed by atoms with Crippen molar-refractivity contribution in [2.24, 2.45) is 0 Å². The molecule has 0 saturated carbocycles. The fourth-order valence-corrected chi connectivity index (χ4v) is 11.4. The van der Waals surface area contributed by atoms with Crippen LogP contribution in [0.3, 0.4) is 0 Å². The third-order valence-corrected chi connectivity index (χ3v) is 13.9. The van der Waals surface area contributed by atoms with Gasteiger partial charge in [-0.25, -0.2) is 0 Å². The van der Waals surface area contributed by atoms with Crippen LogP contribution in [0.5, 0.6) is 0 Å². The Hall–Kier alpha value is -6.04. The largest absolute Gasteiger partial charge is 0.455 e. The lowest BCUT2D eigenvalue weighted by Gasteiger charge is -2.23. The molecule has 0 N–H and O–H groups in total. The Morgan fingerprint density at radius 2 is 1.42 bits per heavy atom. The van der Waals surface area contributed by atoms with E-state index in [-0.39, 0.29) is 0 Å². The predicted molar refractivity (Wildman–Crippen MR) is 218 cm³/mol. The van der Waals surface area contributed by atoms with E-state index in [1.54, 1.807) is 0 Å². The number of hydrogen-bond donors (Lipinski definition) is 0. The van der Waals surface area contributed by atoms with Gasteiger partial charge in [-0.05, 0) is 73.5 Å². The first kappa shape index (κ1) is 30.6. The van der Waals surface area contributed by atoms with Gasteiger partial charge in [0.05, 0.1) is 24.8 Å². The van der Waals surface area contributed by atoms with Crippen molar-refractivity contribution in [2.45, 2.75) is 39.2 Å². The smallest absolute Gasteiger partial charge is 0.364 e. The summed E-state index contributed by atoms with van der Waals surface area (Å²) >= 11 is 0. The molecule has 1 unspecified atom stereocenters. The maximum absolute atomic E-state index is 7.02. The number of aryl methyl sites for hydroxylation is 2. The van der Waals surface area contributed by atoms with E-state index in [1.807, 2.05) is 0 Å². The Balaban J connectivity index is 1.40. The van der Waals surface area contributed by atoms with Gasteiger partial charge in [-0.2, -0.15) is 4.57 Å². The van der Waals surface area contributed by atoms with Crippen LogP contribution in [-0.2, 0) is 5.66 Å². The summed E-state index contributed by atoms with van der Waals surface area (Å²) in [4.78, 5) is 0. The first-order valence-electron chi connectivity index (χ1n) is 18.6. The minimum atomic E-state index is -1.75. The second-order valence-corrected chi connectivity index (χ2v) is 21.0. The van der Waals surface area contributed by atoms with E-state index in [4.69, 9.17) is 4.42 Å². The molecule has 11 rings (SSSR count). The Kier molecular flexibility index (Phi) is 6.07. The lowest BCUT2D eigenvalue weighted by atomic mass is 9.88. The van der Waals surface area contributed by atoms with Crippen LogP contribution < -0.4 is 14.3 Å². The highest BCUT2D eigenvalue weighted by Gasteiger charge is 2.67. The van der Waals surface area contributed by atoms with E-state index in [1.165, 1.54) is 55.3 Å². The standard InChI is InChI=1S/C48H39N3OSi/c1-30-23-24-36-38(27-30)48(49-29-44(53(3,4)5)31(2)28-42(36)49)37-26-25-35-34-18-10-14-22-43(34)52-46(35)45(37)47-50(40-20-12-13-21-41(40)51(47)48)39-19-11-9-17-33(39)32-15-7-6-8-16-32/h6-29H,1-5H3/q+2. The van der Waals surface area contributed by atoms with Gasteiger partial charge >= 0.3 is 11.5 Å². The van der Waals surface area contributed by atoms with Gasteiger partial charge in [0.15, 0.2) is 22.8 Å². The predicted octanol–water partition coefficient (Wildman–Crippen LogP) is 10.2. The quantitative estimate of drug-likeness (QED) is 0.133. The molecule has 4 nitrogen and oxygen atoms in total. The molecule has 0 aliphatic carbocycles. The molecule has 0 bridgehead atoms. The van der Waals surface area contributed by atoms with Gasteiger partial charge in [0.25, 0.3) is 0 Å². The van der Waals surface area contributed by atoms with Crippen molar-refractivity contribution in [3.8, 4) is 39.5 Å². The summed E-state index contributed by atoms with van der Waals surface area (Å²) in [5, 5.41) is 3.75. The van der Waals surface area contributed by atoms with Gasteiger partial charge in [0.1, 0.15) is 16.8 Å². The zero-order valence-corrected chi connectivity index (χ0v) is 31.6. The molecule has 2 aliphatic rings. The first-order chi connectivity index (χ1) is 25.8. The molecule has 0 fully saturated rings. The second-order valence-electron chi connectivity index (χ2n) is 15.9. The molecule has 9 aromatic rings. The van der Waals surface area contributed by atoms with Crippen LogP contribution in [0.25, 0.3) is 72.4 Å². The van der Waals surface area contributed by atoms with Gasteiger partial charge < -0.3 is 4.42 Å². The number of rotatable bonds is 3. The highest BCUT2D eigenvalue weighted by atomic mass is 28.3. The summed E-state index contributed by atoms with van der Waals surface area (Å²) in [6.07, 6.45) is 2.52. The van der Waals surface area contributed by atoms with Crippen molar-refractivity contribution in [1.82, 2.24) is 4.57 Å². The SMILES string of the molecule is Cc1ccc2c(c1)C1(c3ccc4c(oc5ccccc54)c3-c3n(-c4ccccc4-c4ccccc4)c4ccccc4[n+]31)[n+]1cc([Si](C)(C)C)c(C)cc1-2. The average Bonchev–Trinajstić information content (AvgIpc) is 3.87. The summed E-state index contributed by atoms with van der Waals surface area (Å²) in [6, 6.07) is 51.3. The second kappa shape index (κ2) is 10.5. The van der Waals surface area contributed by atoms with Crippen molar-refractivity contribution in [2.75, 3.05) is 0 Å². The minimum Gasteiger partial charge on any atom is -0.455 e. The molecule has 5 heterocycles. The summed E-state index contributed by atoms with van der Waals surface area (Å²) in [5.41, 5.74) is 15.8. The van der Waals surface area contributed by atoms with Crippen LogP contribution in [0, 0.1) is 13.8 Å². The molecule has 2 aliphatic heterocycles. The summed E-state index contributed by atoms with van der Waals surface area (Å²) in [7, 11) is -1.75. The van der Waals surface area contributed by atoms with Crippen molar-refractivity contribution in [3.63, 3.8) is 0 Å². The topological polar surface area (TPSA) is 25.8 Å². The third kappa shape index (κ3) is 3.90. The normalized spacial score (nSPS) is 15.7. The van der Waals surface area contributed by atoms with Crippen molar-refractivity contribution in [3.05, 3.63) is 168 Å². The molecule has 1 atom stereocenters. The number of benzene rings is 6. The van der Waals surface area contributed by atoms with E-state index in [0.29, 0.717) is 0 Å². The van der Waals surface area contributed by atoms with E-state index in [0.717, 1.165) is 44.5 Å². The Bertz CT molecular complexity index is 3020. The van der Waals surface area contributed by atoms with E-state index in [9.17, 15) is 0 Å². The summed E-state index contributed by atoms with van der Waals surface area (Å²) < 4.78 is 14.8. The number of hydrogen-bond acceptors (Lipinski definition) is 1. The molecule has 254 valence electrons. The molecule has 6 aromatic carbocycles. The van der Waals surface area contributed by atoms with Crippen LogP contribution >= 0.6 is 0 Å². The van der Waals surface area contributed by atoms with Crippen LogP contribution in [0.1, 0.15) is 22.3 Å². The molecule has 0 radical (unpaired) electrons. The van der Waals surface area contributed by atoms with Gasteiger partial charge in [-0.15, -0.1) is 9.13 Å². The van der Waals surface area contributed by atoms with E-state index in [2.05, 4.69) is 193 Å². The average molecular weight is 702 g/mol. The van der Waals surface area contributed by atoms with E-state index < -0.39 is 13.7 Å². The van der Waals surface area contributed by atoms with Crippen LogP contribution in [0.2, 0.25) is 19.6 Å². The summed E-state index contributed by atoms with van der Waals surface area (Å²) in [5.74, 6) is 1.12. The number of pyridine rings is 1. The van der Waals surface area contributed by atoms with Gasteiger partial charge in [0, 0.05) is 27.6 Å². The zero-order valence-electron chi connectivity index (χ0n) is 30.6. The fourth-order valence-electron chi connectivity index (χ4n) is 9.63. The van der Waals surface area contributed by atoms with Crippen molar-refractivity contribution < 1.29 is 13.6 Å². The minimum absolute atomic E-state index is 0.705. The zero-order chi connectivity index (χ0) is 35.8. The maximum atomic E-state index is 7.02. The molecule has 5 heteroatoms. The fraction of sp³-hybridized carbons (Fsp3) is 0.125. The Morgan fingerprint density at radius 1 is 0.660 bits per heavy atom. The number of furan rings is 1. The lowest BCUT2D eigenvalue weighted by molar-refractivity contribution is -0.944. The van der Waals surface area contributed by atoms with E-state index >= 15 is 0 Å². The number of para-hydroxylation sites is 4. The highest BCUT2D eigenvalue weighted by Crippen LogP contribution is 2.52. The molecule has 53 heavy (non-hydrogen) atoms. The highest BCUT2D eigenvalue weighted by molar-refractivity contribution is 6.88. The van der Waals surface area contributed by atoms with Crippen LogP contribution in [0.4, 0.5) is 0 Å². The number of nitrogens with zero attached hydrogens (tertiary/aromatic N) is 3. The Morgan fingerprint density at radius 3 is 2.26 bits per heavy atom. The van der Waals surface area contributed by atoms with Gasteiger partial charge in [0.2, 0.25) is 5.69 Å². The maximum Gasteiger partial charge on any atom is 0.364 e. The molecule has 0 saturated heterocycles. The number of aromatic nitrogens is 3. The molecular weight excluding hydrogens is 663 g/mol. The number of fused-ring (bicyclic) bond motifs is 16. The Labute approximate surface area is 309 Å². The number of imidazole rings is 1. The lowest BCUT2D eigenvalue weighted by Crippen LogP contribution is -2.72. The monoisotopic (exact) mass is 701 g/mol. The first-order valence-corrected chi connectivity index (χ1v) is 22.1. The molecule has 1 spiro atoms. The summed E-state index contributed by atoms with van der Waals surface area (Å²) in [6.45, 7) is 11.9. The third-order valence-electron chi connectivity index (χ3n) is 11.8.